The molecule has 0 spiro atoms. The Kier molecular flexibility index (Phi) is 4.27. The van der Waals surface area contributed by atoms with E-state index in [2.05, 4.69) is 12.2 Å². The van der Waals surface area contributed by atoms with Crippen molar-refractivity contribution >= 4 is 0 Å². The quantitative estimate of drug-likeness (QED) is 0.812. The van der Waals surface area contributed by atoms with Gasteiger partial charge in [0.15, 0.2) is 17.5 Å². The molecule has 1 nitrogen and oxygen atoms in total. The number of benzene rings is 1. The van der Waals surface area contributed by atoms with Gasteiger partial charge in [-0.25, -0.2) is 13.2 Å². The topological polar surface area (TPSA) is 12.0 Å². The normalized spacial score (nSPS) is 23.6. The lowest BCUT2D eigenvalue weighted by atomic mass is 10.1. The molecule has 1 aliphatic rings. The summed E-state index contributed by atoms with van der Waals surface area (Å²) in [5.74, 6) is -2.22. The fourth-order valence-electron chi connectivity index (χ4n) is 2.64. The van der Waals surface area contributed by atoms with E-state index >= 15 is 0 Å². The molecule has 0 aliphatic heterocycles. The van der Waals surface area contributed by atoms with Gasteiger partial charge in [-0.15, -0.1) is 0 Å². The fraction of sp³-hybridized carbons (Fsp3) is 0.571. The van der Waals surface area contributed by atoms with Crippen LogP contribution >= 0.6 is 0 Å². The van der Waals surface area contributed by atoms with Gasteiger partial charge in [-0.05, 0) is 48.9 Å². The smallest absolute Gasteiger partial charge is 0.194 e. The molecule has 2 unspecified atom stereocenters. The summed E-state index contributed by atoms with van der Waals surface area (Å²) < 4.78 is 38.7. The standard InChI is InChI=1S/C14H18F3N/c1-9-2-3-10(4-9)7-18-8-11-5-12(15)14(17)13(16)6-11/h5-6,9-10,18H,2-4,7-8H2,1H3. The molecule has 0 heterocycles. The van der Waals surface area contributed by atoms with Crippen molar-refractivity contribution in [2.24, 2.45) is 11.8 Å². The van der Waals surface area contributed by atoms with Gasteiger partial charge in [-0.3, -0.25) is 0 Å². The third-order valence-corrected chi connectivity index (χ3v) is 3.61. The second-order valence-corrected chi connectivity index (χ2v) is 5.29. The van der Waals surface area contributed by atoms with Gasteiger partial charge < -0.3 is 5.32 Å². The minimum absolute atomic E-state index is 0.374. The van der Waals surface area contributed by atoms with Crippen LogP contribution in [0.5, 0.6) is 0 Å². The van der Waals surface area contributed by atoms with E-state index in [0.717, 1.165) is 24.6 Å². The first-order valence-electron chi connectivity index (χ1n) is 6.40. The molecule has 100 valence electrons. The lowest BCUT2D eigenvalue weighted by Crippen LogP contribution is -2.21. The Balaban J connectivity index is 1.83. The van der Waals surface area contributed by atoms with E-state index in [9.17, 15) is 13.2 Å². The Labute approximate surface area is 105 Å². The summed E-state index contributed by atoms with van der Waals surface area (Å²) in [6.07, 6.45) is 3.67. The van der Waals surface area contributed by atoms with Crippen LogP contribution in [-0.4, -0.2) is 6.54 Å². The number of halogens is 3. The summed E-state index contributed by atoms with van der Waals surface area (Å²) in [6.45, 7) is 3.47. The van der Waals surface area contributed by atoms with E-state index in [-0.39, 0.29) is 0 Å². The largest absolute Gasteiger partial charge is 0.312 e. The molecule has 1 aromatic rings. The Morgan fingerprint density at radius 2 is 1.83 bits per heavy atom. The Morgan fingerprint density at radius 3 is 2.39 bits per heavy atom. The SMILES string of the molecule is CC1CCC(CNCc2cc(F)c(F)c(F)c2)C1. The fourth-order valence-corrected chi connectivity index (χ4v) is 2.64. The van der Waals surface area contributed by atoms with Crippen molar-refractivity contribution in [1.82, 2.24) is 5.32 Å². The predicted molar refractivity (Wildman–Crippen MR) is 64.5 cm³/mol. The minimum Gasteiger partial charge on any atom is -0.312 e. The van der Waals surface area contributed by atoms with E-state index < -0.39 is 17.5 Å². The van der Waals surface area contributed by atoms with Crippen LogP contribution in [0.15, 0.2) is 12.1 Å². The molecule has 1 aromatic carbocycles. The lowest BCUT2D eigenvalue weighted by molar-refractivity contribution is 0.441. The number of hydrogen-bond donors (Lipinski definition) is 1. The van der Waals surface area contributed by atoms with Crippen LogP contribution < -0.4 is 5.32 Å². The first-order valence-corrected chi connectivity index (χ1v) is 6.40. The van der Waals surface area contributed by atoms with Gasteiger partial charge in [0.25, 0.3) is 0 Å². The van der Waals surface area contributed by atoms with Gasteiger partial charge in [-0.1, -0.05) is 13.3 Å². The summed E-state index contributed by atoms with van der Waals surface area (Å²) in [5.41, 5.74) is 0.442. The summed E-state index contributed by atoms with van der Waals surface area (Å²) in [6, 6.07) is 2.09. The molecule has 0 amide bonds. The van der Waals surface area contributed by atoms with Crippen LogP contribution in [0.1, 0.15) is 31.7 Å². The second-order valence-electron chi connectivity index (χ2n) is 5.29. The van der Waals surface area contributed by atoms with Crippen LogP contribution in [0.25, 0.3) is 0 Å². The van der Waals surface area contributed by atoms with E-state index in [4.69, 9.17) is 0 Å². The molecule has 0 bridgehead atoms. The highest BCUT2D eigenvalue weighted by molar-refractivity contribution is 5.19. The van der Waals surface area contributed by atoms with Crippen molar-refractivity contribution < 1.29 is 13.2 Å². The van der Waals surface area contributed by atoms with Crippen LogP contribution in [0.3, 0.4) is 0 Å². The molecule has 18 heavy (non-hydrogen) atoms. The van der Waals surface area contributed by atoms with E-state index in [0.29, 0.717) is 18.0 Å². The van der Waals surface area contributed by atoms with Gasteiger partial charge in [0, 0.05) is 6.54 Å². The molecule has 0 saturated heterocycles. The molecule has 1 fully saturated rings. The summed E-state index contributed by atoms with van der Waals surface area (Å²) in [4.78, 5) is 0. The number of hydrogen-bond acceptors (Lipinski definition) is 1. The van der Waals surface area contributed by atoms with Crippen molar-refractivity contribution in [2.75, 3.05) is 6.54 Å². The highest BCUT2D eigenvalue weighted by atomic mass is 19.2. The van der Waals surface area contributed by atoms with E-state index in [1.54, 1.807) is 0 Å². The Bertz CT molecular complexity index is 396. The van der Waals surface area contributed by atoms with Gasteiger partial charge >= 0.3 is 0 Å². The average Bonchev–Trinajstić information content (AvgIpc) is 2.72. The maximum atomic E-state index is 13.0. The lowest BCUT2D eigenvalue weighted by Gasteiger charge is -2.11. The first kappa shape index (κ1) is 13.4. The highest BCUT2D eigenvalue weighted by Gasteiger charge is 2.20. The molecular formula is C14H18F3N. The van der Waals surface area contributed by atoms with Crippen LogP contribution in [0.4, 0.5) is 13.2 Å². The van der Waals surface area contributed by atoms with Gasteiger partial charge in [0.05, 0.1) is 0 Å². The van der Waals surface area contributed by atoms with Crippen molar-refractivity contribution in [1.29, 1.82) is 0 Å². The van der Waals surface area contributed by atoms with Crippen molar-refractivity contribution in [3.63, 3.8) is 0 Å². The molecule has 1 N–H and O–H groups in total. The molecular weight excluding hydrogens is 239 g/mol. The van der Waals surface area contributed by atoms with E-state index in [1.165, 1.54) is 19.3 Å². The summed E-state index contributed by atoms with van der Waals surface area (Å²) in [5, 5.41) is 3.18. The molecule has 0 radical (unpaired) electrons. The highest BCUT2D eigenvalue weighted by Crippen LogP contribution is 2.29. The van der Waals surface area contributed by atoms with Crippen molar-refractivity contribution in [3.8, 4) is 0 Å². The second kappa shape index (κ2) is 5.74. The van der Waals surface area contributed by atoms with Gasteiger partial charge in [0.1, 0.15) is 0 Å². The molecule has 2 atom stereocenters. The van der Waals surface area contributed by atoms with Crippen molar-refractivity contribution in [3.05, 3.63) is 35.1 Å². The maximum Gasteiger partial charge on any atom is 0.194 e. The molecule has 1 aliphatic carbocycles. The Hall–Kier alpha value is -1.03. The zero-order chi connectivity index (χ0) is 13.1. The monoisotopic (exact) mass is 257 g/mol. The molecule has 1 saturated carbocycles. The third kappa shape index (κ3) is 3.25. The average molecular weight is 257 g/mol. The first-order chi connectivity index (χ1) is 8.56. The van der Waals surface area contributed by atoms with Gasteiger partial charge in [-0.2, -0.15) is 0 Å². The molecule has 2 rings (SSSR count). The van der Waals surface area contributed by atoms with Crippen LogP contribution in [0, 0.1) is 29.3 Å². The number of nitrogens with one attached hydrogen (secondary N) is 1. The van der Waals surface area contributed by atoms with Crippen LogP contribution in [0.2, 0.25) is 0 Å². The number of rotatable bonds is 4. The predicted octanol–water partition coefficient (Wildman–Crippen LogP) is 3.63. The van der Waals surface area contributed by atoms with Crippen LogP contribution in [-0.2, 0) is 6.54 Å². The van der Waals surface area contributed by atoms with Gasteiger partial charge in [0.2, 0.25) is 0 Å². The molecule has 0 aromatic heterocycles. The molecule has 4 heteroatoms. The minimum atomic E-state index is -1.40. The maximum absolute atomic E-state index is 13.0. The summed E-state index contributed by atoms with van der Waals surface area (Å²) in [7, 11) is 0. The zero-order valence-corrected chi connectivity index (χ0v) is 10.5. The zero-order valence-electron chi connectivity index (χ0n) is 10.5. The summed E-state index contributed by atoms with van der Waals surface area (Å²) >= 11 is 0. The Morgan fingerprint density at radius 1 is 1.17 bits per heavy atom. The van der Waals surface area contributed by atoms with Crippen molar-refractivity contribution in [2.45, 2.75) is 32.7 Å². The third-order valence-electron chi connectivity index (χ3n) is 3.61. The van der Waals surface area contributed by atoms with E-state index in [1.807, 2.05) is 0 Å².